The Morgan fingerprint density at radius 2 is 1.73 bits per heavy atom. The van der Waals surface area contributed by atoms with Crippen LogP contribution in [0.2, 0.25) is 0 Å². The van der Waals surface area contributed by atoms with Crippen LogP contribution in [0, 0.1) is 10.1 Å². The molecule has 30 heavy (non-hydrogen) atoms. The molecule has 1 aliphatic heterocycles. The third-order valence-electron chi connectivity index (χ3n) is 4.19. The molecule has 0 atom stereocenters. The molecule has 154 valence electrons. The SMILES string of the molecule is COC(=O)COc1ccc(NC(=O)CN2C(=O)c3ccc([N+](=O)[O-])cc3C2=O)cc1. The highest BCUT2D eigenvalue weighted by molar-refractivity contribution is 6.23. The summed E-state index contributed by atoms with van der Waals surface area (Å²) in [4.78, 5) is 59.0. The van der Waals surface area contributed by atoms with Gasteiger partial charge in [0, 0.05) is 17.8 Å². The van der Waals surface area contributed by atoms with Gasteiger partial charge < -0.3 is 14.8 Å². The number of hydrogen-bond donors (Lipinski definition) is 1. The molecule has 2 aromatic rings. The zero-order chi connectivity index (χ0) is 21.8. The highest BCUT2D eigenvalue weighted by atomic mass is 16.6. The Balaban J connectivity index is 1.62. The van der Waals surface area contributed by atoms with Crippen LogP contribution in [0.25, 0.3) is 0 Å². The van der Waals surface area contributed by atoms with Crippen LogP contribution in [-0.4, -0.2) is 53.8 Å². The van der Waals surface area contributed by atoms with Gasteiger partial charge in [0.25, 0.3) is 17.5 Å². The Bertz CT molecular complexity index is 1050. The fourth-order valence-electron chi connectivity index (χ4n) is 2.72. The number of hydrogen-bond acceptors (Lipinski definition) is 8. The number of nitro benzene ring substituents is 1. The summed E-state index contributed by atoms with van der Waals surface area (Å²) in [6.07, 6.45) is 0. The van der Waals surface area contributed by atoms with Crippen molar-refractivity contribution in [2.45, 2.75) is 0 Å². The number of rotatable bonds is 7. The number of non-ortho nitro benzene ring substituents is 1. The lowest BCUT2D eigenvalue weighted by molar-refractivity contribution is -0.384. The van der Waals surface area contributed by atoms with Gasteiger partial charge in [0.2, 0.25) is 5.91 Å². The number of fused-ring (bicyclic) bond motifs is 1. The van der Waals surface area contributed by atoms with E-state index in [1.165, 1.54) is 37.4 Å². The Hall–Kier alpha value is -4.28. The van der Waals surface area contributed by atoms with Crippen molar-refractivity contribution in [1.82, 2.24) is 4.90 Å². The Labute approximate surface area is 169 Å². The minimum atomic E-state index is -0.777. The van der Waals surface area contributed by atoms with Crippen molar-refractivity contribution in [2.75, 3.05) is 25.6 Å². The van der Waals surface area contributed by atoms with Gasteiger partial charge in [-0.2, -0.15) is 0 Å². The molecule has 0 spiro atoms. The summed E-state index contributed by atoms with van der Waals surface area (Å²) in [5.74, 6) is -2.28. The van der Waals surface area contributed by atoms with E-state index < -0.39 is 35.2 Å². The molecule has 0 fully saturated rings. The summed E-state index contributed by atoms with van der Waals surface area (Å²) in [6, 6.07) is 9.38. The largest absolute Gasteiger partial charge is 0.482 e. The lowest BCUT2D eigenvalue weighted by atomic mass is 10.1. The van der Waals surface area contributed by atoms with Gasteiger partial charge in [-0.3, -0.25) is 29.4 Å². The van der Waals surface area contributed by atoms with Crippen molar-refractivity contribution in [3.05, 3.63) is 63.7 Å². The molecule has 3 rings (SSSR count). The second kappa shape index (κ2) is 8.39. The molecule has 11 nitrogen and oxygen atoms in total. The lowest BCUT2D eigenvalue weighted by Gasteiger charge is -2.13. The number of anilines is 1. The maximum atomic E-state index is 12.4. The maximum Gasteiger partial charge on any atom is 0.343 e. The number of esters is 1. The van der Waals surface area contributed by atoms with Crippen molar-refractivity contribution < 1.29 is 33.6 Å². The number of benzene rings is 2. The van der Waals surface area contributed by atoms with E-state index in [4.69, 9.17) is 4.74 Å². The van der Waals surface area contributed by atoms with Crippen LogP contribution in [0.3, 0.4) is 0 Å². The number of nitro groups is 1. The summed E-state index contributed by atoms with van der Waals surface area (Å²) >= 11 is 0. The third kappa shape index (κ3) is 4.24. The fourth-order valence-corrected chi connectivity index (χ4v) is 2.72. The molecular formula is C19H15N3O8. The maximum absolute atomic E-state index is 12.4. The molecule has 0 aliphatic carbocycles. The molecule has 0 radical (unpaired) electrons. The van der Waals surface area contributed by atoms with E-state index in [1.807, 2.05) is 0 Å². The minimum absolute atomic E-state index is 0.00510. The van der Waals surface area contributed by atoms with E-state index in [2.05, 4.69) is 10.1 Å². The fraction of sp³-hybridized carbons (Fsp3) is 0.158. The number of nitrogens with zero attached hydrogens (tertiary/aromatic N) is 2. The van der Waals surface area contributed by atoms with Gasteiger partial charge >= 0.3 is 5.97 Å². The average Bonchev–Trinajstić information content (AvgIpc) is 2.97. The Morgan fingerprint density at radius 1 is 1.07 bits per heavy atom. The first-order chi connectivity index (χ1) is 14.3. The summed E-state index contributed by atoms with van der Waals surface area (Å²) in [5, 5.41) is 13.4. The number of amides is 3. The summed E-state index contributed by atoms with van der Waals surface area (Å²) in [6.45, 7) is -0.819. The number of methoxy groups -OCH3 is 1. The standard InChI is InChI=1S/C19H15N3O8/c1-29-17(24)10-30-13-5-2-11(3-6-13)20-16(23)9-21-18(25)14-7-4-12(22(27)28)8-15(14)19(21)26/h2-8H,9-10H2,1H3,(H,20,23). The third-order valence-corrected chi connectivity index (χ3v) is 4.19. The van der Waals surface area contributed by atoms with E-state index in [0.717, 1.165) is 17.0 Å². The van der Waals surface area contributed by atoms with Gasteiger partial charge in [-0.15, -0.1) is 0 Å². The molecule has 1 aliphatic rings. The lowest BCUT2D eigenvalue weighted by Crippen LogP contribution is -2.37. The number of nitrogens with one attached hydrogen (secondary N) is 1. The van der Waals surface area contributed by atoms with Crippen LogP contribution < -0.4 is 10.1 Å². The molecular weight excluding hydrogens is 398 g/mol. The molecule has 1 N–H and O–H groups in total. The van der Waals surface area contributed by atoms with E-state index >= 15 is 0 Å². The van der Waals surface area contributed by atoms with Crippen molar-refractivity contribution in [2.24, 2.45) is 0 Å². The predicted octanol–water partition coefficient (Wildman–Crippen LogP) is 1.38. The number of carbonyl (C=O) groups is 4. The van der Waals surface area contributed by atoms with Crippen molar-refractivity contribution >= 4 is 35.1 Å². The van der Waals surface area contributed by atoms with Gasteiger partial charge in [0.15, 0.2) is 6.61 Å². The number of imide groups is 1. The molecule has 3 amide bonds. The quantitative estimate of drug-likeness (QED) is 0.310. The van der Waals surface area contributed by atoms with Crippen LogP contribution in [-0.2, 0) is 14.3 Å². The molecule has 0 saturated carbocycles. The topological polar surface area (TPSA) is 145 Å². The van der Waals surface area contributed by atoms with Crippen LogP contribution >= 0.6 is 0 Å². The molecule has 0 unspecified atom stereocenters. The first-order valence-electron chi connectivity index (χ1n) is 8.54. The van der Waals surface area contributed by atoms with Crippen molar-refractivity contribution in [1.29, 1.82) is 0 Å². The minimum Gasteiger partial charge on any atom is -0.482 e. The Morgan fingerprint density at radius 3 is 2.37 bits per heavy atom. The zero-order valence-corrected chi connectivity index (χ0v) is 15.6. The van der Waals surface area contributed by atoms with Crippen LogP contribution in [0.4, 0.5) is 11.4 Å². The average molecular weight is 413 g/mol. The number of ether oxygens (including phenoxy) is 2. The van der Waals surface area contributed by atoms with E-state index in [9.17, 15) is 29.3 Å². The van der Waals surface area contributed by atoms with Gasteiger partial charge in [-0.25, -0.2) is 4.79 Å². The van der Waals surface area contributed by atoms with Crippen LogP contribution in [0.15, 0.2) is 42.5 Å². The van der Waals surface area contributed by atoms with Gasteiger partial charge in [0.05, 0.1) is 23.2 Å². The van der Waals surface area contributed by atoms with E-state index in [-0.39, 0.29) is 23.4 Å². The zero-order valence-electron chi connectivity index (χ0n) is 15.6. The normalized spacial score (nSPS) is 12.4. The summed E-state index contributed by atoms with van der Waals surface area (Å²) in [7, 11) is 1.24. The number of carbonyl (C=O) groups excluding carboxylic acids is 4. The van der Waals surface area contributed by atoms with Gasteiger partial charge in [0.1, 0.15) is 12.3 Å². The Kier molecular flexibility index (Phi) is 5.72. The summed E-state index contributed by atoms with van der Waals surface area (Å²) in [5.41, 5.74) is -0.0620. The smallest absolute Gasteiger partial charge is 0.343 e. The van der Waals surface area contributed by atoms with E-state index in [1.54, 1.807) is 0 Å². The molecule has 2 aromatic carbocycles. The van der Waals surface area contributed by atoms with Crippen LogP contribution in [0.1, 0.15) is 20.7 Å². The predicted molar refractivity (Wildman–Crippen MR) is 101 cm³/mol. The highest BCUT2D eigenvalue weighted by Crippen LogP contribution is 2.26. The second-order valence-corrected chi connectivity index (χ2v) is 6.12. The molecule has 11 heteroatoms. The van der Waals surface area contributed by atoms with E-state index in [0.29, 0.717) is 11.4 Å². The summed E-state index contributed by atoms with van der Waals surface area (Å²) < 4.78 is 9.64. The molecule has 0 saturated heterocycles. The second-order valence-electron chi connectivity index (χ2n) is 6.12. The van der Waals surface area contributed by atoms with Gasteiger partial charge in [-0.1, -0.05) is 0 Å². The molecule has 0 bridgehead atoms. The van der Waals surface area contributed by atoms with Crippen LogP contribution in [0.5, 0.6) is 5.75 Å². The first kappa shape index (κ1) is 20.5. The molecule has 0 aromatic heterocycles. The monoisotopic (exact) mass is 413 g/mol. The van der Waals surface area contributed by atoms with Crippen molar-refractivity contribution in [3.63, 3.8) is 0 Å². The molecule has 1 heterocycles. The van der Waals surface area contributed by atoms with Gasteiger partial charge in [-0.05, 0) is 30.3 Å². The highest BCUT2D eigenvalue weighted by Gasteiger charge is 2.37. The van der Waals surface area contributed by atoms with Crippen molar-refractivity contribution in [3.8, 4) is 5.75 Å². The first-order valence-corrected chi connectivity index (χ1v) is 8.54.